The third-order valence-electron chi connectivity index (χ3n) is 3.18. The molecule has 0 amide bonds. The Morgan fingerprint density at radius 2 is 1.70 bits per heavy atom. The normalized spacial score (nSPS) is 12.1. The average Bonchev–Trinajstić information content (AvgIpc) is 2.43. The fourth-order valence-electron chi connectivity index (χ4n) is 2.23. The summed E-state index contributed by atoms with van der Waals surface area (Å²) in [6, 6.07) is 12.2. The van der Waals surface area contributed by atoms with Crippen molar-refractivity contribution in [3.05, 3.63) is 65.0 Å². The molecule has 0 saturated heterocycles. The van der Waals surface area contributed by atoms with E-state index in [9.17, 15) is 8.96 Å². The second kappa shape index (κ2) is 7.09. The average molecular weight is 336 g/mol. The van der Waals surface area contributed by atoms with Gasteiger partial charge in [-0.2, -0.15) is 0 Å². The van der Waals surface area contributed by atoms with Crippen LogP contribution in [0.3, 0.4) is 0 Å². The van der Waals surface area contributed by atoms with Crippen LogP contribution in [-0.4, -0.2) is 9.79 Å². The molecule has 0 saturated carbocycles. The quantitative estimate of drug-likeness (QED) is 0.619. The molecule has 0 unspecified atom stereocenters. The first-order valence-electron chi connectivity index (χ1n) is 7.08. The number of benzene rings is 2. The molecule has 2 aromatic rings. The van der Waals surface area contributed by atoms with E-state index in [1.54, 1.807) is 26.0 Å². The standard InChI is InChI=1S/C17H18FO4P/c1-12(2)17-15(18)10-14(11-16(17)22-23(19,20)21)9-8-13-6-4-3-5-7-13/h3-12H,1-2H3,(H2,19,20,21)/b9-8+. The zero-order valence-corrected chi connectivity index (χ0v) is 13.7. The van der Waals surface area contributed by atoms with Crippen LogP contribution in [0.2, 0.25) is 0 Å². The lowest BCUT2D eigenvalue weighted by Gasteiger charge is -2.16. The fraction of sp³-hybridized carbons (Fsp3) is 0.176. The predicted molar refractivity (Wildman–Crippen MR) is 88.5 cm³/mol. The number of phosphoric acid groups is 1. The van der Waals surface area contributed by atoms with Gasteiger partial charge < -0.3 is 4.52 Å². The van der Waals surface area contributed by atoms with Gasteiger partial charge in [-0.15, -0.1) is 0 Å². The Balaban J connectivity index is 2.42. The van der Waals surface area contributed by atoms with Gasteiger partial charge in [-0.1, -0.05) is 56.3 Å². The molecule has 2 N–H and O–H groups in total. The van der Waals surface area contributed by atoms with E-state index in [0.717, 1.165) is 5.56 Å². The van der Waals surface area contributed by atoms with Crippen LogP contribution in [0.15, 0.2) is 42.5 Å². The highest BCUT2D eigenvalue weighted by Gasteiger charge is 2.22. The summed E-state index contributed by atoms with van der Waals surface area (Å²) in [5.41, 5.74) is 1.53. The number of rotatable bonds is 5. The molecule has 0 aliphatic rings. The SMILES string of the molecule is CC(C)c1c(F)cc(/C=C/c2ccccc2)cc1OP(=O)(O)O. The zero-order valence-electron chi connectivity index (χ0n) is 12.8. The second-order valence-corrected chi connectivity index (χ2v) is 6.56. The predicted octanol–water partition coefficient (Wildman–Crippen LogP) is 4.59. The molecule has 0 heterocycles. The minimum Gasteiger partial charge on any atom is -0.404 e. The molecule has 0 bridgehead atoms. The van der Waals surface area contributed by atoms with Crippen molar-refractivity contribution in [3.63, 3.8) is 0 Å². The smallest absolute Gasteiger partial charge is 0.404 e. The van der Waals surface area contributed by atoms with Gasteiger partial charge >= 0.3 is 7.82 Å². The lowest BCUT2D eigenvalue weighted by Crippen LogP contribution is -2.01. The summed E-state index contributed by atoms with van der Waals surface area (Å²) in [7, 11) is -4.76. The van der Waals surface area contributed by atoms with Crippen molar-refractivity contribution in [2.75, 3.05) is 0 Å². The summed E-state index contributed by atoms with van der Waals surface area (Å²) in [6.07, 6.45) is 3.44. The molecular formula is C17H18FO4P. The van der Waals surface area contributed by atoms with Crippen LogP contribution in [0.5, 0.6) is 5.75 Å². The van der Waals surface area contributed by atoms with Crippen LogP contribution >= 0.6 is 7.82 Å². The molecule has 0 aliphatic heterocycles. The van der Waals surface area contributed by atoms with Crippen molar-refractivity contribution < 1.29 is 23.3 Å². The minimum atomic E-state index is -4.76. The van der Waals surface area contributed by atoms with Crippen LogP contribution < -0.4 is 4.52 Å². The zero-order chi connectivity index (χ0) is 17.0. The van der Waals surface area contributed by atoms with E-state index in [1.165, 1.54) is 12.1 Å². The van der Waals surface area contributed by atoms with E-state index in [0.29, 0.717) is 5.56 Å². The van der Waals surface area contributed by atoms with Gasteiger partial charge in [0, 0.05) is 5.56 Å². The molecule has 23 heavy (non-hydrogen) atoms. The largest absolute Gasteiger partial charge is 0.524 e. The van der Waals surface area contributed by atoms with Crippen molar-refractivity contribution in [2.24, 2.45) is 0 Å². The third-order valence-corrected chi connectivity index (χ3v) is 3.61. The van der Waals surface area contributed by atoms with E-state index < -0.39 is 13.6 Å². The Morgan fingerprint density at radius 1 is 1.09 bits per heavy atom. The number of hydrogen-bond acceptors (Lipinski definition) is 2. The molecule has 4 nitrogen and oxygen atoms in total. The first-order valence-corrected chi connectivity index (χ1v) is 8.61. The van der Waals surface area contributed by atoms with Gasteiger partial charge in [0.05, 0.1) is 0 Å². The van der Waals surface area contributed by atoms with Gasteiger partial charge in [0.25, 0.3) is 0 Å². The van der Waals surface area contributed by atoms with E-state index in [1.807, 2.05) is 30.3 Å². The van der Waals surface area contributed by atoms with Crippen molar-refractivity contribution in [2.45, 2.75) is 19.8 Å². The molecule has 0 atom stereocenters. The highest BCUT2D eigenvalue weighted by molar-refractivity contribution is 7.46. The molecule has 0 aromatic heterocycles. The first-order chi connectivity index (χ1) is 10.8. The lowest BCUT2D eigenvalue weighted by molar-refractivity contribution is 0.281. The summed E-state index contributed by atoms with van der Waals surface area (Å²) in [4.78, 5) is 18.0. The van der Waals surface area contributed by atoms with Crippen LogP contribution in [0.25, 0.3) is 12.2 Å². The molecule has 0 radical (unpaired) electrons. The molecule has 0 spiro atoms. The Labute approximate surface area is 134 Å². The van der Waals surface area contributed by atoms with Crippen molar-refractivity contribution in [3.8, 4) is 5.75 Å². The number of halogens is 1. The maximum atomic E-state index is 14.3. The van der Waals surface area contributed by atoms with Gasteiger partial charge in [-0.05, 0) is 29.2 Å². The van der Waals surface area contributed by atoms with Gasteiger partial charge in [-0.3, -0.25) is 9.79 Å². The third kappa shape index (κ3) is 5.03. The molecule has 2 aromatic carbocycles. The lowest BCUT2D eigenvalue weighted by atomic mass is 9.99. The summed E-state index contributed by atoms with van der Waals surface area (Å²) in [6.45, 7) is 3.45. The van der Waals surface area contributed by atoms with Gasteiger partial charge in [-0.25, -0.2) is 8.96 Å². The van der Waals surface area contributed by atoms with E-state index in [-0.39, 0.29) is 17.2 Å². The van der Waals surface area contributed by atoms with E-state index in [4.69, 9.17) is 9.79 Å². The number of phosphoric ester groups is 1. The minimum absolute atomic E-state index is 0.138. The topological polar surface area (TPSA) is 66.8 Å². The maximum absolute atomic E-state index is 14.3. The summed E-state index contributed by atoms with van der Waals surface area (Å²) < 4.78 is 30.1. The van der Waals surface area contributed by atoms with Crippen molar-refractivity contribution in [1.29, 1.82) is 0 Å². The van der Waals surface area contributed by atoms with Crippen LogP contribution in [-0.2, 0) is 4.57 Å². The molecule has 6 heteroatoms. The fourth-order valence-corrected chi connectivity index (χ4v) is 2.64. The first kappa shape index (κ1) is 17.4. The molecule has 0 aliphatic carbocycles. The van der Waals surface area contributed by atoms with Crippen molar-refractivity contribution in [1.82, 2.24) is 0 Å². The monoisotopic (exact) mass is 336 g/mol. The maximum Gasteiger partial charge on any atom is 0.524 e. The summed E-state index contributed by atoms with van der Waals surface area (Å²) in [5.74, 6) is -0.969. The van der Waals surface area contributed by atoms with Crippen LogP contribution in [0.4, 0.5) is 4.39 Å². The Bertz CT molecular complexity index is 751. The van der Waals surface area contributed by atoms with Crippen LogP contribution in [0.1, 0.15) is 36.5 Å². The van der Waals surface area contributed by atoms with Gasteiger partial charge in [0.15, 0.2) is 0 Å². The Hall–Kier alpha value is -1.94. The Morgan fingerprint density at radius 3 is 2.26 bits per heavy atom. The van der Waals surface area contributed by atoms with E-state index >= 15 is 0 Å². The number of hydrogen-bond donors (Lipinski definition) is 2. The molecule has 122 valence electrons. The molecule has 2 rings (SSSR count). The van der Waals surface area contributed by atoms with Crippen molar-refractivity contribution >= 4 is 20.0 Å². The highest BCUT2D eigenvalue weighted by atomic mass is 31.2. The van der Waals surface area contributed by atoms with Gasteiger partial charge in [0.1, 0.15) is 11.6 Å². The van der Waals surface area contributed by atoms with Gasteiger partial charge in [0.2, 0.25) is 0 Å². The summed E-state index contributed by atoms with van der Waals surface area (Å²) in [5, 5.41) is 0. The molecular weight excluding hydrogens is 318 g/mol. The highest BCUT2D eigenvalue weighted by Crippen LogP contribution is 2.42. The summed E-state index contributed by atoms with van der Waals surface area (Å²) >= 11 is 0. The molecule has 0 fully saturated rings. The Kier molecular flexibility index (Phi) is 5.37. The van der Waals surface area contributed by atoms with E-state index in [2.05, 4.69) is 4.52 Å². The second-order valence-electron chi connectivity index (χ2n) is 5.40. The van der Waals surface area contributed by atoms with Crippen LogP contribution in [0, 0.1) is 5.82 Å².